The van der Waals surface area contributed by atoms with E-state index in [2.05, 4.69) is 10.6 Å². The van der Waals surface area contributed by atoms with Crippen LogP contribution in [0.3, 0.4) is 0 Å². The molecule has 0 saturated carbocycles. The summed E-state index contributed by atoms with van der Waals surface area (Å²) < 4.78 is 6.45. The molecule has 0 spiro atoms. The average molecular weight is 400 g/mol. The van der Waals surface area contributed by atoms with Gasteiger partial charge < -0.3 is 25.0 Å². The maximum Gasteiger partial charge on any atom is 0.315 e. The molecule has 0 aliphatic heterocycles. The number of benzene rings is 2. The molecule has 0 fully saturated rings. The van der Waals surface area contributed by atoms with Gasteiger partial charge in [0, 0.05) is 12.1 Å². The summed E-state index contributed by atoms with van der Waals surface area (Å²) in [5.41, 5.74) is 1.91. The first-order chi connectivity index (χ1) is 13.7. The quantitative estimate of drug-likeness (QED) is 0.535. The molecule has 1 atom stereocenters. The normalized spacial score (nSPS) is 12.1. The molecule has 0 heterocycles. The average Bonchev–Trinajstić information content (AvgIpc) is 2.64. The molecular weight excluding hydrogens is 370 g/mol. The Hall–Kier alpha value is -3.06. The van der Waals surface area contributed by atoms with Gasteiger partial charge in [-0.1, -0.05) is 48.5 Å². The lowest BCUT2D eigenvalue weighted by atomic mass is 10.2. The van der Waals surface area contributed by atoms with Crippen molar-refractivity contribution >= 4 is 12.0 Å². The van der Waals surface area contributed by atoms with Gasteiger partial charge >= 0.3 is 12.0 Å². The van der Waals surface area contributed by atoms with Crippen LogP contribution in [0, 0.1) is 0 Å². The zero-order valence-corrected chi connectivity index (χ0v) is 17.2. The summed E-state index contributed by atoms with van der Waals surface area (Å²) in [6.07, 6.45) is -0.125. The van der Waals surface area contributed by atoms with Crippen molar-refractivity contribution in [3.8, 4) is 5.75 Å². The fraction of sp³-hybridized carbons (Fsp3) is 0.364. The molecule has 0 aliphatic carbocycles. The van der Waals surface area contributed by atoms with Crippen molar-refractivity contribution in [2.75, 3.05) is 27.7 Å². The zero-order chi connectivity index (χ0) is 21.3. The molecule has 0 aliphatic rings. The topological polar surface area (TPSA) is 87.7 Å². The Morgan fingerprint density at radius 1 is 1.03 bits per heavy atom. The van der Waals surface area contributed by atoms with Crippen molar-refractivity contribution in [2.24, 2.45) is 0 Å². The highest BCUT2D eigenvalue weighted by Crippen LogP contribution is 2.19. The van der Waals surface area contributed by atoms with E-state index in [0.717, 1.165) is 11.1 Å². The van der Waals surface area contributed by atoms with Gasteiger partial charge in [-0.25, -0.2) is 4.79 Å². The minimum Gasteiger partial charge on any atom is -0.489 e. The van der Waals surface area contributed by atoms with E-state index in [1.165, 1.54) is 0 Å². The fourth-order valence-electron chi connectivity index (χ4n) is 2.97. The number of carbonyl (C=O) groups is 2. The Morgan fingerprint density at radius 3 is 2.34 bits per heavy atom. The zero-order valence-electron chi connectivity index (χ0n) is 17.2. The second-order valence-electron chi connectivity index (χ2n) is 7.98. The second kappa shape index (κ2) is 10.5. The van der Waals surface area contributed by atoms with Crippen molar-refractivity contribution in [1.29, 1.82) is 0 Å². The van der Waals surface area contributed by atoms with Crippen molar-refractivity contribution in [2.45, 2.75) is 25.6 Å². The van der Waals surface area contributed by atoms with E-state index in [9.17, 15) is 9.59 Å². The van der Waals surface area contributed by atoms with Gasteiger partial charge in [-0.05, 0) is 11.6 Å². The lowest BCUT2D eigenvalue weighted by molar-refractivity contribution is -0.871. The van der Waals surface area contributed by atoms with E-state index in [0.29, 0.717) is 23.4 Å². The number of nitrogens with one attached hydrogen (secondary N) is 2. The van der Waals surface area contributed by atoms with Crippen molar-refractivity contribution in [1.82, 2.24) is 10.6 Å². The van der Waals surface area contributed by atoms with E-state index in [4.69, 9.17) is 9.84 Å². The predicted octanol–water partition coefficient (Wildman–Crippen LogP) is 2.61. The summed E-state index contributed by atoms with van der Waals surface area (Å²) in [6.45, 7) is 1.23. The van der Waals surface area contributed by atoms with Crippen LogP contribution in [0.2, 0.25) is 0 Å². The van der Waals surface area contributed by atoms with E-state index < -0.39 is 18.0 Å². The third kappa shape index (κ3) is 8.66. The SMILES string of the molecule is C[N+](C)(C)C[C@@H](CC(=O)O)NC(=O)NCc1ccccc1OCc1ccccc1. The molecule has 156 valence electrons. The minimum atomic E-state index is -0.941. The van der Waals surface area contributed by atoms with Gasteiger partial charge in [-0.3, -0.25) is 4.79 Å². The van der Waals surface area contributed by atoms with Crippen molar-refractivity contribution < 1.29 is 23.9 Å². The molecule has 29 heavy (non-hydrogen) atoms. The lowest BCUT2D eigenvalue weighted by Crippen LogP contribution is -2.51. The fourth-order valence-corrected chi connectivity index (χ4v) is 2.97. The molecule has 0 unspecified atom stereocenters. The lowest BCUT2D eigenvalue weighted by Gasteiger charge is -2.29. The number of hydrogen-bond donors (Lipinski definition) is 3. The summed E-state index contributed by atoms with van der Waals surface area (Å²) in [5, 5.41) is 14.7. The Morgan fingerprint density at radius 2 is 1.69 bits per heavy atom. The number of carbonyl (C=O) groups excluding carboxylic acids is 1. The number of ether oxygens (including phenoxy) is 1. The van der Waals surface area contributed by atoms with Crippen molar-refractivity contribution in [3.05, 3.63) is 65.7 Å². The van der Waals surface area contributed by atoms with Crippen LogP contribution in [0.1, 0.15) is 17.5 Å². The predicted molar refractivity (Wildman–Crippen MR) is 112 cm³/mol. The Kier molecular flexibility index (Phi) is 8.03. The monoisotopic (exact) mass is 400 g/mol. The number of nitrogens with zero attached hydrogens (tertiary/aromatic N) is 1. The smallest absolute Gasteiger partial charge is 0.315 e. The van der Waals surface area contributed by atoms with Crippen LogP contribution in [0.15, 0.2) is 54.6 Å². The number of urea groups is 1. The van der Waals surface area contributed by atoms with Gasteiger partial charge in [-0.15, -0.1) is 0 Å². The molecular formula is C22H30N3O4+. The van der Waals surface area contributed by atoms with Crippen molar-refractivity contribution in [3.63, 3.8) is 0 Å². The third-order valence-corrected chi connectivity index (χ3v) is 4.17. The molecule has 0 bridgehead atoms. The van der Waals surface area contributed by atoms with Gasteiger partial charge in [0.05, 0.1) is 40.2 Å². The van der Waals surface area contributed by atoms with Crippen LogP contribution in [0.5, 0.6) is 5.75 Å². The van der Waals surface area contributed by atoms with E-state index >= 15 is 0 Å². The molecule has 2 aromatic carbocycles. The number of amides is 2. The Balaban J connectivity index is 1.92. The van der Waals surface area contributed by atoms with Crippen LogP contribution >= 0.6 is 0 Å². The maximum absolute atomic E-state index is 12.3. The van der Waals surface area contributed by atoms with Crippen LogP contribution in [0.4, 0.5) is 4.79 Å². The first kappa shape index (κ1) is 22.2. The summed E-state index contributed by atoms with van der Waals surface area (Å²) in [4.78, 5) is 23.4. The first-order valence-corrected chi connectivity index (χ1v) is 9.54. The highest BCUT2D eigenvalue weighted by Gasteiger charge is 2.22. The van der Waals surface area contributed by atoms with Crippen LogP contribution in [0.25, 0.3) is 0 Å². The number of rotatable bonds is 10. The molecule has 3 N–H and O–H groups in total. The van der Waals surface area contributed by atoms with Gasteiger partial charge in [0.1, 0.15) is 12.4 Å². The van der Waals surface area contributed by atoms with Gasteiger partial charge in [0.25, 0.3) is 0 Å². The number of likely N-dealkylation sites (N-methyl/N-ethyl adjacent to an activating group) is 1. The maximum atomic E-state index is 12.3. The molecule has 0 aromatic heterocycles. The molecule has 7 nitrogen and oxygen atoms in total. The molecule has 0 radical (unpaired) electrons. The number of carboxylic acids is 1. The largest absolute Gasteiger partial charge is 0.489 e. The highest BCUT2D eigenvalue weighted by atomic mass is 16.5. The molecule has 2 rings (SSSR count). The van der Waals surface area contributed by atoms with Gasteiger partial charge in [0.2, 0.25) is 0 Å². The van der Waals surface area contributed by atoms with Crippen LogP contribution in [-0.4, -0.2) is 55.3 Å². The van der Waals surface area contributed by atoms with E-state index in [1.807, 2.05) is 75.7 Å². The van der Waals surface area contributed by atoms with Gasteiger partial charge in [-0.2, -0.15) is 0 Å². The highest BCUT2D eigenvalue weighted by molar-refractivity contribution is 5.75. The number of quaternary nitrogens is 1. The molecule has 2 amide bonds. The van der Waals surface area contributed by atoms with E-state index in [1.54, 1.807) is 0 Å². The number of carboxylic acid groups (broad SMARTS) is 1. The van der Waals surface area contributed by atoms with E-state index in [-0.39, 0.29) is 13.0 Å². The minimum absolute atomic E-state index is 0.125. The number of hydrogen-bond acceptors (Lipinski definition) is 3. The Labute approximate surface area is 171 Å². The second-order valence-corrected chi connectivity index (χ2v) is 7.98. The standard InChI is InChI=1S/C22H29N3O4/c1-25(2,3)15-19(13-21(26)27)24-22(28)23-14-18-11-7-8-12-20(18)29-16-17-9-5-4-6-10-17/h4-12,19H,13-16H2,1-3H3,(H2-,23,24,26,27,28)/p+1/t19-/m1/s1. The van der Waals surface area contributed by atoms with Crippen LogP contribution < -0.4 is 15.4 Å². The summed E-state index contributed by atoms with van der Waals surface area (Å²) in [5.74, 6) is -0.242. The molecule has 0 saturated heterocycles. The van der Waals surface area contributed by atoms with Gasteiger partial charge in [0.15, 0.2) is 0 Å². The summed E-state index contributed by atoms with van der Waals surface area (Å²) in [6, 6.07) is 16.5. The molecule has 7 heteroatoms. The number of aliphatic carboxylic acids is 1. The Bertz CT molecular complexity index is 803. The first-order valence-electron chi connectivity index (χ1n) is 9.54. The summed E-state index contributed by atoms with van der Waals surface area (Å²) in [7, 11) is 5.86. The summed E-state index contributed by atoms with van der Waals surface area (Å²) >= 11 is 0. The third-order valence-electron chi connectivity index (χ3n) is 4.17. The molecule has 2 aromatic rings. The van der Waals surface area contributed by atoms with Crippen LogP contribution in [-0.2, 0) is 17.9 Å². The number of para-hydroxylation sites is 1.